The van der Waals surface area contributed by atoms with Gasteiger partial charge in [-0.2, -0.15) is 0 Å². The molecule has 7 heteroatoms. The van der Waals surface area contributed by atoms with Gasteiger partial charge in [0.15, 0.2) is 5.60 Å². The molecule has 2 amide bonds. The topological polar surface area (TPSA) is 70.1 Å². The van der Waals surface area contributed by atoms with Crippen molar-refractivity contribution in [1.82, 2.24) is 9.80 Å². The summed E-state index contributed by atoms with van der Waals surface area (Å²) in [6.45, 7) is 2.97. The second-order valence-electron chi connectivity index (χ2n) is 11.3. The summed E-state index contributed by atoms with van der Waals surface area (Å²) in [5, 5.41) is 11.6. The lowest BCUT2D eigenvalue weighted by molar-refractivity contribution is -0.154. The van der Waals surface area contributed by atoms with E-state index < -0.39 is 5.60 Å². The molecule has 1 N–H and O–H groups in total. The zero-order chi connectivity index (χ0) is 26.8. The van der Waals surface area contributed by atoms with E-state index in [9.17, 15) is 14.7 Å². The Balaban J connectivity index is 1.22. The number of aliphatic hydroxyl groups is 1. The normalized spacial score (nSPS) is 18.7. The fraction of sp³-hybridized carbons (Fsp3) is 0.533. The van der Waals surface area contributed by atoms with Crippen molar-refractivity contribution in [3.05, 3.63) is 64.2 Å². The highest BCUT2D eigenvalue weighted by molar-refractivity contribution is 6.33. The lowest BCUT2D eigenvalue weighted by Gasteiger charge is -2.53. The van der Waals surface area contributed by atoms with Crippen LogP contribution in [0.3, 0.4) is 0 Å². The van der Waals surface area contributed by atoms with Crippen LogP contribution in [-0.2, 0) is 16.8 Å². The fourth-order valence-electron chi connectivity index (χ4n) is 6.04. The highest BCUT2D eigenvalue weighted by atomic mass is 35.5. The summed E-state index contributed by atoms with van der Waals surface area (Å²) in [5.74, 6) is 1.05. The van der Waals surface area contributed by atoms with E-state index in [0.29, 0.717) is 40.4 Å². The van der Waals surface area contributed by atoms with Crippen LogP contribution in [0.5, 0.6) is 5.75 Å². The van der Waals surface area contributed by atoms with Gasteiger partial charge in [0.2, 0.25) is 0 Å². The first kappa shape index (κ1) is 27.5. The van der Waals surface area contributed by atoms with Crippen molar-refractivity contribution in [1.29, 1.82) is 0 Å². The van der Waals surface area contributed by atoms with Crippen LogP contribution in [0.25, 0.3) is 0 Å². The van der Waals surface area contributed by atoms with E-state index >= 15 is 0 Å². The number of piperidine rings is 1. The van der Waals surface area contributed by atoms with Crippen LogP contribution in [0.1, 0.15) is 66.9 Å². The fourth-order valence-corrected chi connectivity index (χ4v) is 6.33. The Morgan fingerprint density at radius 1 is 1.16 bits per heavy atom. The van der Waals surface area contributed by atoms with Gasteiger partial charge in [-0.25, -0.2) is 0 Å². The first-order chi connectivity index (χ1) is 17.5. The molecule has 2 aliphatic rings. The average Bonchev–Trinajstić information content (AvgIpc) is 2.87. The predicted molar refractivity (Wildman–Crippen MR) is 146 cm³/mol. The molecule has 6 nitrogen and oxygen atoms in total. The van der Waals surface area contributed by atoms with E-state index in [1.165, 1.54) is 29.7 Å². The lowest BCUT2D eigenvalue weighted by atomic mass is 9.56. The number of hydrogen-bond donors (Lipinski definition) is 1. The SMILES string of the molecule is COc1cccc([C@@](C)(O)C(=O)N2CCC3(CC2)CC(CCCc2ccc(C(=O)N(C)C)c(Cl)c2)C3)c1. The molecule has 2 fully saturated rings. The van der Waals surface area contributed by atoms with Gasteiger partial charge >= 0.3 is 0 Å². The highest BCUT2D eigenvalue weighted by Gasteiger charge is 2.47. The van der Waals surface area contributed by atoms with Gasteiger partial charge in [0.25, 0.3) is 11.8 Å². The number of ether oxygens (including phenoxy) is 1. The van der Waals surface area contributed by atoms with Gasteiger partial charge in [-0.1, -0.05) is 36.2 Å². The molecule has 1 spiro atoms. The third kappa shape index (κ3) is 5.96. The molecular formula is C30H39ClN2O4. The molecule has 2 aromatic carbocycles. The van der Waals surface area contributed by atoms with E-state index in [1.807, 2.05) is 23.1 Å². The molecule has 1 aliphatic carbocycles. The number of amides is 2. The number of likely N-dealkylation sites (tertiary alicyclic amines) is 1. The van der Waals surface area contributed by atoms with E-state index in [1.54, 1.807) is 52.4 Å². The van der Waals surface area contributed by atoms with Gasteiger partial charge < -0.3 is 19.6 Å². The molecule has 1 atom stereocenters. The average molecular weight is 527 g/mol. The Morgan fingerprint density at radius 3 is 2.49 bits per heavy atom. The first-order valence-electron chi connectivity index (χ1n) is 13.2. The van der Waals surface area contributed by atoms with Crippen molar-refractivity contribution >= 4 is 23.4 Å². The second-order valence-corrected chi connectivity index (χ2v) is 11.7. The van der Waals surface area contributed by atoms with E-state index in [0.717, 1.165) is 31.6 Å². The number of hydrogen-bond acceptors (Lipinski definition) is 4. The van der Waals surface area contributed by atoms with Gasteiger partial charge in [0, 0.05) is 27.2 Å². The van der Waals surface area contributed by atoms with E-state index in [4.69, 9.17) is 16.3 Å². The Kier molecular flexibility index (Phi) is 8.20. The van der Waals surface area contributed by atoms with Gasteiger partial charge in [0.1, 0.15) is 5.75 Å². The lowest BCUT2D eigenvalue weighted by Crippen LogP contribution is -2.53. The maximum atomic E-state index is 13.2. The monoisotopic (exact) mass is 526 g/mol. The summed E-state index contributed by atoms with van der Waals surface area (Å²) in [5.41, 5.74) is 1.06. The third-order valence-corrected chi connectivity index (χ3v) is 8.66. The van der Waals surface area contributed by atoms with Crippen molar-refractivity contribution in [3.63, 3.8) is 0 Å². The number of benzene rings is 2. The van der Waals surface area contributed by atoms with Gasteiger partial charge in [-0.05, 0) is 92.2 Å². The van der Waals surface area contributed by atoms with Crippen molar-refractivity contribution in [2.45, 2.75) is 57.5 Å². The smallest absolute Gasteiger partial charge is 0.258 e. The standard InChI is InChI=1S/C30H39ClN2O4/c1-29(36,23-9-6-10-24(18-23)37-4)28(35)33-15-13-30(14-16-33)19-22(20-30)8-5-7-21-11-12-25(26(31)17-21)27(34)32(2)3/h6,9-12,17-18,22,36H,5,7-8,13-16,19-20H2,1-4H3/t29-/m1/s1. The summed E-state index contributed by atoms with van der Waals surface area (Å²) in [6, 6.07) is 12.9. The van der Waals surface area contributed by atoms with Crippen LogP contribution in [0.2, 0.25) is 5.02 Å². The van der Waals surface area contributed by atoms with Crippen LogP contribution in [0, 0.1) is 11.3 Å². The number of rotatable bonds is 8. The molecule has 37 heavy (non-hydrogen) atoms. The molecule has 0 radical (unpaired) electrons. The van der Waals surface area contributed by atoms with Crippen LogP contribution >= 0.6 is 11.6 Å². The van der Waals surface area contributed by atoms with Crippen LogP contribution in [-0.4, -0.2) is 61.0 Å². The molecule has 0 aromatic heterocycles. The summed E-state index contributed by atoms with van der Waals surface area (Å²) in [7, 11) is 5.03. The molecule has 200 valence electrons. The van der Waals surface area contributed by atoms with Crippen LogP contribution in [0.4, 0.5) is 0 Å². The van der Waals surface area contributed by atoms with Crippen LogP contribution < -0.4 is 4.74 Å². The summed E-state index contributed by atoms with van der Waals surface area (Å²) in [4.78, 5) is 28.7. The molecule has 1 saturated carbocycles. The Morgan fingerprint density at radius 2 is 1.86 bits per heavy atom. The molecule has 2 aromatic rings. The Labute approximate surface area is 225 Å². The molecule has 1 heterocycles. The zero-order valence-corrected chi connectivity index (χ0v) is 23.2. The minimum atomic E-state index is -1.57. The molecule has 0 unspecified atom stereocenters. The second kappa shape index (κ2) is 11.0. The number of halogens is 1. The zero-order valence-electron chi connectivity index (χ0n) is 22.4. The number of nitrogens with zero attached hydrogens (tertiary/aromatic N) is 2. The minimum Gasteiger partial charge on any atom is -0.497 e. The number of methoxy groups -OCH3 is 1. The number of aryl methyl sites for hydroxylation is 1. The molecule has 0 bridgehead atoms. The molecular weight excluding hydrogens is 488 g/mol. The maximum Gasteiger partial charge on any atom is 0.258 e. The third-order valence-electron chi connectivity index (χ3n) is 8.35. The first-order valence-corrected chi connectivity index (χ1v) is 13.6. The van der Waals surface area contributed by atoms with Crippen molar-refractivity contribution in [2.24, 2.45) is 11.3 Å². The van der Waals surface area contributed by atoms with Gasteiger partial charge in [-0.15, -0.1) is 0 Å². The van der Waals surface area contributed by atoms with Crippen molar-refractivity contribution < 1.29 is 19.4 Å². The Hall–Kier alpha value is -2.57. The van der Waals surface area contributed by atoms with Gasteiger partial charge in [0.05, 0.1) is 17.7 Å². The summed E-state index contributed by atoms with van der Waals surface area (Å²) < 4.78 is 5.26. The maximum absolute atomic E-state index is 13.2. The minimum absolute atomic E-state index is 0.0759. The summed E-state index contributed by atoms with van der Waals surface area (Å²) >= 11 is 6.36. The quantitative estimate of drug-likeness (QED) is 0.506. The Bertz CT molecular complexity index is 1130. The highest BCUT2D eigenvalue weighted by Crippen LogP contribution is 2.54. The number of carbonyl (C=O) groups is 2. The largest absolute Gasteiger partial charge is 0.497 e. The van der Waals surface area contributed by atoms with Crippen molar-refractivity contribution in [2.75, 3.05) is 34.3 Å². The molecule has 1 aliphatic heterocycles. The van der Waals surface area contributed by atoms with Crippen LogP contribution in [0.15, 0.2) is 42.5 Å². The van der Waals surface area contributed by atoms with Gasteiger partial charge in [-0.3, -0.25) is 9.59 Å². The predicted octanol–water partition coefficient (Wildman–Crippen LogP) is 5.30. The molecule has 4 rings (SSSR count). The molecule has 1 saturated heterocycles. The van der Waals surface area contributed by atoms with E-state index in [2.05, 4.69) is 0 Å². The number of carbonyl (C=O) groups excluding carboxylic acids is 2. The van der Waals surface area contributed by atoms with E-state index in [-0.39, 0.29) is 11.8 Å². The summed E-state index contributed by atoms with van der Waals surface area (Å²) in [6.07, 6.45) is 7.69. The van der Waals surface area contributed by atoms with Crippen molar-refractivity contribution in [3.8, 4) is 5.75 Å².